The zero-order valence-electron chi connectivity index (χ0n) is 8.66. The van der Waals surface area contributed by atoms with Crippen LogP contribution in [0.4, 0.5) is 8.78 Å². The molecule has 0 bridgehead atoms. The molecule has 0 saturated carbocycles. The molecule has 1 unspecified atom stereocenters. The second-order valence-electron chi connectivity index (χ2n) is 3.89. The van der Waals surface area contributed by atoms with Gasteiger partial charge in [-0.05, 0) is 0 Å². The zero-order valence-corrected chi connectivity index (χ0v) is 8.66. The van der Waals surface area contributed by atoms with E-state index in [2.05, 4.69) is 0 Å². The van der Waals surface area contributed by atoms with Gasteiger partial charge in [-0.25, -0.2) is 8.78 Å². The van der Waals surface area contributed by atoms with Crippen LogP contribution in [0.3, 0.4) is 0 Å². The number of amides is 1. The Hall–Kier alpha value is -1.24. The molecule has 5 nitrogen and oxygen atoms in total. The highest BCUT2D eigenvalue weighted by Crippen LogP contribution is 2.27. The van der Waals surface area contributed by atoms with Gasteiger partial charge < -0.3 is 15.7 Å². The van der Waals surface area contributed by atoms with Crippen molar-refractivity contribution in [1.29, 1.82) is 0 Å². The van der Waals surface area contributed by atoms with E-state index in [0.29, 0.717) is 0 Å². The van der Waals surface area contributed by atoms with Gasteiger partial charge in [0.2, 0.25) is 5.91 Å². The highest BCUT2D eigenvalue weighted by molar-refractivity contribution is 5.84. The van der Waals surface area contributed by atoms with E-state index in [4.69, 9.17) is 10.8 Å². The van der Waals surface area contributed by atoms with Crippen LogP contribution >= 0.6 is 0 Å². The summed E-state index contributed by atoms with van der Waals surface area (Å²) in [4.78, 5) is 23.1. The molecule has 0 spiro atoms. The van der Waals surface area contributed by atoms with Gasteiger partial charge in [-0.3, -0.25) is 9.59 Å². The van der Waals surface area contributed by atoms with Crippen molar-refractivity contribution in [3.8, 4) is 0 Å². The smallest absolute Gasteiger partial charge is 0.321 e. The summed E-state index contributed by atoms with van der Waals surface area (Å²) in [5.41, 5.74) is 5.18. The lowest BCUT2D eigenvalue weighted by Crippen LogP contribution is -2.45. The van der Waals surface area contributed by atoms with Crippen LogP contribution < -0.4 is 5.73 Å². The Morgan fingerprint density at radius 3 is 2.31 bits per heavy atom. The molecule has 1 atom stereocenters. The standard InChI is InChI=1S/C9H14F2N2O3/c10-9(11)1-3-13(4-2-9)7(14)5-6(12)8(15)16/h6H,1-5,12H2,(H,15,16). The number of carboxylic acid groups (broad SMARTS) is 1. The molecular formula is C9H14F2N2O3. The fourth-order valence-electron chi connectivity index (χ4n) is 1.49. The SMILES string of the molecule is NC(CC(=O)N1CCC(F)(F)CC1)C(=O)O. The second kappa shape index (κ2) is 4.73. The van der Waals surface area contributed by atoms with Crippen molar-refractivity contribution in [1.82, 2.24) is 4.90 Å². The summed E-state index contributed by atoms with van der Waals surface area (Å²) in [6.45, 7) is -0.0870. The van der Waals surface area contributed by atoms with Gasteiger partial charge in [-0.1, -0.05) is 0 Å². The lowest BCUT2D eigenvalue weighted by atomic mass is 10.1. The zero-order chi connectivity index (χ0) is 12.3. The molecule has 92 valence electrons. The van der Waals surface area contributed by atoms with Crippen LogP contribution in [0, 0.1) is 0 Å². The number of halogens is 2. The third-order valence-corrected chi connectivity index (χ3v) is 2.56. The first-order valence-electron chi connectivity index (χ1n) is 4.96. The summed E-state index contributed by atoms with van der Waals surface area (Å²) < 4.78 is 25.6. The van der Waals surface area contributed by atoms with Gasteiger partial charge in [0.1, 0.15) is 6.04 Å². The number of likely N-dealkylation sites (tertiary alicyclic amines) is 1. The molecule has 0 aromatic carbocycles. The van der Waals surface area contributed by atoms with Crippen LogP contribution in [-0.2, 0) is 9.59 Å². The quantitative estimate of drug-likeness (QED) is 0.725. The Morgan fingerprint density at radius 1 is 1.38 bits per heavy atom. The molecule has 1 aliphatic rings. The van der Waals surface area contributed by atoms with Crippen LogP contribution in [-0.4, -0.2) is 46.9 Å². The predicted molar refractivity (Wildman–Crippen MR) is 51.0 cm³/mol. The lowest BCUT2D eigenvalue weighted by molar-refractivity contribution is -0.144. The molecule has 1 saturated heterocycles. The highest BCUT2D eigenvalue weighted by atomic mass is 19.3. The van der Waals surface area contributed by atoms with Gasteiger partial charge >= 0.3 is 5.97 Å². The summed E-state index contributed by atoms with van der Waals surface area (Å²) in [6.07, 6.45) is -1.09. The molecule has 7 heteroatoms. The van der Waals surface area contributed by atoms with Gasteiger partial charge in [0.15, 0.2) is 0 Å². The third kappa shape index (κ3) is 3.41. The maximum absolute atomic E-state index is 12.8. The third-order valence-electron chi connectivity index (χ3n) is 2.56. The molecule has 1 aliphatic heterocycles. The van der Waals surface area contributed by atoms with Crippen LogP contribution in [0.2, 0.25) is 0 Å². The van der Waals surface area contributed by atoms with Crippen LogP contribution in [0.5, 0.6) is 0 Å². The van der Waals surface area contributed by atoms with Crippen molar-refractivity contribution in [3.63, 3.8) is 0 Å². The number of piperidine rings is 1. The van der Waals surface area contributed by atoms with Crippen molar-refractivity contribution in [3.05, 3.63) is 0 Å². The van der Waals surface area contributed by atoms with Gasteiger partial charge in [-0.15, -0.1) is 0 Å². The van der Waals surface area contributed by atoms with E-state index in [1.54, 1.807) is 0 Å². The Labute approximate surface area is 91.2 Å². The van der Waals surface area contributed by atoms with Crippen molar-refractivity contribution in [2.45, 2.75) is 31.2 Å². The molecule has 0 radical (unpaired) electrons. The van der Waals surface area contributed by atoms with E-state index >= 15 is 0 Å². The number of hydrogen-bond acceptors (Lipinski definition) is 3. The van der Waals surface area contributed by atoms with Crippen molar-refractivity contribution >= 4 is 11.9 Å². The first kappa shape index (κ1) is 12.8. The lowest BCUT2D eigenvalue weighted by Gasteiger charge is -2.32. The summed E-state index contributed by atoms with van der Waals surface area (Å²) in [7, 11) is 0. The minimum atomic E-state index is -2.72. The van der Waals surface area contributed by atoms with Crippen molar-refractivity contribution in [2.75, 3.05) is 13.1 Å². The summed E-state index contributed by atoms with van der Waals surface area (Å²) >= 11 is 0. The molecule has 1 fully saturated rings. The summed E-state index contributed by atoms with van der Waals surface area (Å²) in [5.74, 6) is -4.47. The largest absolute Gasteiger partial charge is 0.480 e. The molecule has 0 aromatic rings. The van der Waals surface area contributed by atoms with E-state index < -0.39 is 23.8 Å². The number of aliphatic carboxylic acids is 1. The minimum absolute atomic E-state index is 0.0435. The van der Waals surface area contributed by atoms with Crippen LogP contribution in [0.1, 0.15) is 19.3 Å². The Morgan fingerprint density at radius 2 is 1.88 bits per heavy atom. The fraction of sp³-hybridized carbons (Fsp3) is 0.778. The number of nitrogens with two attached hydrogens (primary N) is 1. The monoisotopic (exact) mass is 236 g/mol. The Bertz CT molecular complexity index is 286. The average Bonchev–Trinajstić information content (AvgIpc) is 2.17. The van der Waals surface area contributed by atoms with Gasteiger partial charge in [0.25, 0.3) is 5.92 Å². The molecular weight excluding hydrogens is 222 g/mol. The molecule has 1 heterocycles. The Balaban J connectivity index is 2.42. The molecule has 16 heavy (non-hydrogen) atoms. The second-order valence-corrected chi connectivity index (χ2v) is 3.89. The first-order chi connectivity index (χ1) is 7.32. The fourth-order valence-corrected chi connectivity index (χ4v) is 1.49. The number of carboxylic acids is 1. The number of hydrogen-bond donors (Lipinski definition) is 2. The molecule has 0 aromatic heterocycles. The number of nitrogens with zero attached hydrogens (tertiary/aromatic N) is 1. The van der Waals surface area contributed by atoms with E-state index in [9.17, 15) is 18.4 Å². The minimum Gasteiger partial charge on any atom is -0.480 e. The average molecular weight is 236 g/mol. The highest BCUT2D eigenvalue weighted by Gasteiger charge is 2.35. The van der Waals surface area contributed by atoms with E-state index in [-0.39, 0.29) is 32.4 Å². The predicted octanol–water partition coefficient (Wildman–Crippen LogP) is 0.0461. The normalized spacial score (nSPS) is 21.6. The summed E-state index contributed by atoms with van der Waals surface area (Å²) in [5, 5.41) is 8.50. The number of carbonyl (C=O) groups is 2. The Kier molecular flexibility index (Phi) is 3.79. The van der Waals surface area contributed by atoms with E-state index in [1.165, 1.54) is 4.90 Å². The molecule has 1 rings (SSSR count). The van der Waals surface area contributed by atoms with Crippen LogP contribution in [0.15, 0.2) is 0 Å². The van der Waals surface area contributed by atoms with Crippen LogP contribution in [0.25, 0.3) is 0 Å². The number of carbonyl (C=O) groups excluding carboxylic acids is 1. The maximum Gasteiger partial charge on any atom is 0.321 e. The first-order valence-corrected chi connectivity index (χ1v) is 4.96. The summed E-state index contributed by atoms with van der Waals surface area (Å²) in [6, 6.07) is -1.27. The molecule has 3 N–H and O–H groups in total. The number of alkyl halides is 2. The van der Waals surface area contributed by atoms with Crippen molar-refractivity contribution in [2.24, 2.45) is 5.73 Å². The van der Waals surface area contributed by atoms with Gasteiger partial charge in [-0.2, -0.15) is 0 Å². The molecule has 1 amide bonds. The molecule has 0 aliphatic carbocycles. The topological polar surface area (TPSA) is 83.6 Å². The van der Waals surface area contributed by atoms with Gasteiger partial charge in [0.05, 0.1) is 6.42 Å². The van der Waals surface area contributed by atoms with E-state index in [0.717, 1.165) is 0 Å². The maximum atomic E-state index is 12.8. The van der Waals surface area contributed by atoms with Crippen molar-refractivity contribution < 1.29 is 23.5 Å². The van der Waals surface area contributed by atoms with Gasteiger partial charge in [0, 0.05) is 25.9 Å². The number of rotatable bonds is 3. The van der Waals surface area contributed by atoms with E-state index in [1.807, 2.05) is 0 Å².